The molecule has 100 valence electrons. The molecule has 1 amide bonds. The minimum absolute atomic E-state index is 0.00586. The number of fused-ring (bicyclic) bond motifs is 1. The Hall–Kier alpha value is -1.33. The molecule has 19 heavy (non-hydrogen) atoms. The van der Waals surface area contributed by atoms with Gasteiger partial charge in [0.15, 0.2) is 5.65 Å². The van der Waals surface area contributed by atoms with Crippen molar-refractivity contribution in [1.29, 1.82) is 0 Å². The maximum atomic E-state index is 12.0. The molecule has 0 spiro atoms. The first kappa shape index (κ1) is 12.7. The molecule has 3 rings (SSSR count). The topological polar surface area (TPSA) is 59.8 Å². The molecule has 1 saturated heterocycles. The molecule has 2 aromatic rings. The van der Waals surface area contributed by atoms with Crippen LogP contribution < -0.4 is 5.32 Å². The Bertz CT molecular complexity index is 640. The summed E-state index contributed by atoms with van der Waals surface area (Å²) in [7, 11) is 0. The highest BCUT2D eigenvalue weighted by atomic mass is 35.5. The third-order valence-corrected chi connectivity index (χ3v) is 3.70. The number of hydrogen-bond donors (Lipinski definition) is 1. The van der Waals surface area contributed by atoms with E-state index in [0.717, 1.165) is 19.4 Å². The van der Waals surface area contributed by atoms with Crippen LogP contribution in [0.3, 0.4) is 0 Å². The Kier molecular flexibility index (Phi) is 3.33. The lowest BCUT2D eigenvalue weighted by molar-refractivity contribution is -0.125. The Balaban J connectivity index is 2.17. The van der Waals surface area contributed by atoms with Crippen molar-refractivity contribution < 1.29 is 4.79 Å². The van der Waals surface area contributed by atoms with E-state index in [-0.39, 0.29) is 17.8 Å². The highest BCUT2D eigenvalue weighted by molar-refractivity contribution is 6.31. The summed E-state index contributed by atoms with van der Waals surface area (Å²) in [5, 5.41) is 3.38. The molecule has 5 nitrogen and oxygen atoms in total. The number of hydrogen-bond acceptors (Lipinski definition) is 3. The summed E-state index contributed by atoms with van der Waals surface area (Å²) in [5.74, 6) is 0.875. The zero-order chi connectivity index (χ0) is 13.4. The molecule has 1 atom stereocenters. The van der Waals surface area contributed by atoms with Gasteiger partial charge in [0.05, 0.1) is 10.9 Å². The van der Waals surface area contributed by atoms with Crippen LogP contribution in [0.4, 0.5) is 0 Å². The van der Waals surface area contributed by atoms with Crippen LogP contribution in [0.25, 0.3) is 11.2 Å². The van der Waals surface area contributed by atoms with Gasteiger partial charge in [-0.2, -0.15) is 0 Å². The van der Waals surface area contributed by atoms with Crippen LogP contribution in [0, 0.1) is 0 Å². The van der Waals surface area contributed by atoms with Gasteiger partial charge in [0.1, 0.15) is 17.4 Å². The van der Waals surface area contributed by atoms with Crippen molar-refractivity contribution in [3.8, 4) is 0 Å². The van der Waals surface area contributed by atoms with Crippen molar-refractivity contribution in [2.24, 2.45) is 0 Å². The lowest BCUT2D eigenvalue weighted by atomic mass is 10.1. The second-order valence-electron chi connectivity index (χ2n) is 4.48. The molecule has 1 fully saturated rings. The van der Waals surface area contributed by atoms with Crippen LogP contribution in [0.15, 0.2) is 12.3 Å². The van der Waals surface area contributed by atoms with E-state index in [1.807, 2.05) is 4.57 Å². The number of carbonyl (C=O) groups is 1. The van der Waals surface area contributed by atoms with Gasteiger partial charge in [0.2, 0.25) is 5.91 Å². The number of piperidine rings is 1. The van der Waals surface area contributed by atoms with Crippen LogP contribution in [-0.2, 0) is 10.7 Å². The number of aromatic nitrogens is 3. The van der Waals surface area contributed by atoms with E-state index in [9.17, 15) is 4.79 Å². The zero-order valence-corrected chi connectivity index (χ0v) is 11.6. The molecule has 1 unspecified atom stereocenters. The van der Waals surface area contributed by atoms with Gasteiger partial charge in [-0.25, -0.2) is 9.97 Å². The normalized spacial score (nSPS) is 19.7. The fourth-order valence-corrected chi connectivity index (χ4v) is 2.77. The van der Waals surface area contributed by atoms with E-state index in [1.165, 1.54) is 0 Å². The van der Waals surface area contributed by atoms with E-state index in [2.05, 4.69) is 15.3 Å². The lowest BCUT2D eigenvalue weighted by Gasteiger charge is -2.24. The summed E-state index contributed by atoms with van der Waals surface area (Å²) in [6.07, 6.45) is 3.26. The predicted octanol–water partition coefficient (Wildman–Crippen LogP) is 2.27. The third-order valence-electron chi connectivity index (χ3n) is 3.26. The SMILES string of the molecule is O=C1NCCCC1n1c(CCl)nc2cc(Cl)cnc21. The average Bonchev–Trinajstić information content (AvgIpc) is 2.76. The molecule has 1 aliphatic heterocycles. The van der Waals surface area contributed by atoms with Crippen molar-refractivity contribution in [3.63, 3.8) is 0 Å². The standard InChI is InChI=1S/C12H12Cl2N4O/c13-5-10-17-8-4-7(14)6-16-11(8)18(10)9-2-1-3-15-12(9)19/h4,6,9H,1-3,5H2,(H,15,19). The Morgan fingerprint density at radius 2 is 2.37 bits per heavy atom. The van der Waals surface area contributed by atoms with Crippen molar-refractivity contribution in [1.82, 2.24) is 19.9 Å². The minimum Gasteiger partial charge on any atom is -0.354 e. The third kappa shape index (κ3) is 2.17. The van der Waals surface area contributed by atoms with Crippen LogP contribution in [0.1, 0.15) is 24.7 Å². The summed E-state index contributed by atoms with van der Waals surface area (Å²) < 4.78 is 1.83. The molecule has 3 heterocycles. The second kappa shape index (κ2) is 4.98. The number of alkyl halides is 1. The maximum Gasteiger partial charge on any atom is 0.243 e. The van der Waals surface area contributed by atoms with Gasteiger partial charge < -0.3 is 5.32 Å². The number of halogens is 2. The number of rotatable bonds is 2. The summed E-state index contributed by atoms with van der Waals surface area (Å²) in [4.78, 5) is 20.7. The Morgan fingerprint density at radius 3 is 3.11 bits per heavy atom. The van der Waals surface area contributed by atoms with Gasteiger partial charge in [0.25, 0.3) is 0 Å². The van der Waals surface area contributed by atoms with Crippen molar-refractivity contribution in [3.05, 3.63) is 23.1 Å². The first-order valence-corrected chi connectivity index (χ1v) is 6.98. The number of nitrogens with one attached hydrogen (secondary N) is 1. The van der Waals surface area contributed by atoms with E-state index >= 15 is 0 Å². The molecule has 0 aromatic carbocycles. The van der Waals surface area contributed by atoms with Crippen molar-refractivity contribution in [2.75, 3.05) is 6.54 Å². The number of carbonyl (C=O) groups excluding carboxylic acids is 1. The maximum absolute atomic E-state index is 12.0. The molecule has 0 bridgehead atoms. The highest BCUT2D eigenvalue weighted by Gasteiger charge is 2.28. The van der Waals surface area contributed by atoms with Crippen LogP contribution in [0.5, 0.6) is 0 Å². The van der Waals surface area contributed by atoms with Crippen molar-refractivity contribution in [2.45, 2.75) is 24.8 Å². The predicted molar refractivity (Wildman–Crippen MR) is 73.4 cm³/mol. The van der Waals surface area contributed by atoms with Gasteiger partial charge in [-0.1, -0.05) is 11.6 Å². The smallest absolute Gasteiger partial charge is 0.243 e. The van der Waals surface area contributed by atoms with Crippen LogP contribution in [0.2, 0.25) is 5.02 Å². The summed E-state index contributed by atoms with van der Waals surface area (Å²) >= 11 is 11.8. The quantitative estimate of drug-likeness (QED) is 0.865. The monoisotopic (exact) mass is 298 g/mol. The van der Waals surface area contributed by atoms with E-state index < -0.39 is 0 Å². The van der Waals surface area contributed by atoms with Crippen molar-refractivity contribution >= 4 is 40.3 Å². The molecule has 0 radical (unpaired) electrons. The van der Waals surface area contributed by atoms with E-state index in [4.69, 9.17) is 23.2 Å². The van der Waals surface area contributed by atoms with Gasteiger partial charge in [0, 0.05) is 12.7 Å². The second-order valence-corrected chi connectivity index (χ2v) is 5.18. The summed E-state index contributed by atoms with van der Waals surface area (Å²) in [6, 6.07) is 1.44. The first-order chi connectivity index (χ1) is 9.20. The molecular weight excluding hydrogens is 287 g/mol. The molecule has 1 N–H and O–H groups in total. The fraction of sp³-hybridized carbons (Fsp3) is 0.417. The molecule has 7 heteroatoms. The molecule has 0 saturated carbocycles. The van der Waals surface area contributed by atoms with E-state index in [1.54, 1.807) is 12.3 Å². The number of imidazole rings is 1. The molecule has 0 aliphatic carbocycles. The number of amides is 1. The largest absolute Gasteiger partial charge is 0.354 e. The zero-order valence-electron chi connectivity index (χ0n) is 10.1. The highest BCUT2D eigenvalue weighted by Crippen LogP contribution is 2.27. The van der Waals surface area contributed by atoms with Crippen LogP contribution in [-0.4, -0.2) is 27.0 Å². The van der Waals surface area contributed by atoms with Gasteiger partial charge in [-0.15, -0.1) is 11.6 Å². The van der Waals surface area contributed by atoms with E-state index in [0.29, 0.717) is 22.0 Å². The van der Waals surface area contributed by atoms with Gasteiger partial charge >= 0.3 is 0 Å². The lowest BCUT2D eigenvalue weighted by Crippen LogP contribution is -2.38. The fourth-order valence-electron chi connectivity index (χ4n) is 2.43. The van der Waals surface area contributed by atoms with Crippen LogP contribution >= 0.6 is 23.2 Å². The Morgan fingerprint density at radius 1 is 1.53 bits per heavy atom. The number of nitrogens with zero attached hydrogens (tertiary/aromatic N) is 3. The molecular formula is C12H12Cl2N4O. The summed E-state index contributed by atoms with van der Waals surface area (Å²) in [5.41, 5.74) is 1.32. The summed E-state index contributed by atoms with van der Waals surface area (Å²) in [6.45, 7) is 0.720. The average molecular weight is 299 g/mol. The minimum atomic E-state index is -0.291. The Labute approximate surface area is 119 Å². The van der Waals surface area contributed by atoms with Gasteiger partial charge in [-0.3, -0.25) is 9.36 Å². The molecule has 2 aromatic heterocycles. The number of pyridine rings is 1. The van der Waals surface area contributed by atoms with Gasteiger partial charge in [-0.05, 0) is 18.9 Å². The first-order valence-electron chi connectivity index (χ1n) is 6.06. The molecule has 1 aliphatic rings.